The molecule has 0 amide bonds. The predicted octanol–water partition coefficient (Wildman–Crippen LogP) is 4.29. The van der Waals surface area contributed by atoms with Gasteiger partial charge in [-0.3, -0.25) is 0 Å². The molecule has 0 atom stereocenters. The second-order valence-electron chi connectivity index (χ2n) is 3.84. The van der Waals surface area contributed by atoms with Gasteiger partial charge in [-0.1, -0.05) is 41.4 Å². The lowest BCUT2D eigenvalue weighted by atomic mass is 10.1. The van der Waals surface area contributed by atoms with Crippen molar-refractivity contribution in [2.24, 2.45) is 5.73 Å². The van der Waals surface area contributed by atoms with E-state index in [4.69, 9.17) is 33.7 Å². The van der Waals surface area contributed by atoms with Crippen LogP contribution in [-0.2, 0) is 6.42 Å². The highest BCUT2D eigenvalue weighted by atomic mass is 35.5. The fourth-order valence-corrected chi connectivity index (χ4v) is 1.95. The van der Waals surface area contributed by atoms with E-state index in [0.717, 1.165) is 17.7 Å². The minimum absolute atomic E-state index is 0.420. The molecule has 2 rings (SSSR count). The Kier molecular flexibility index (Phi) is 4.48. The Labute approximate surface area is 116 Å². The fourth-order valence-electron chi connectivity index (χ4n) is 1.62. The summed E-state index contributed by atoms with van der Waals surface area (Å²) in [4.78, 5) is 0. The summed E-state index contributed by atoms with van der Waals surface area (Å²) in [5.41, 5.74) is 6.66. The molecule has 0 bridgehead atoms. The van der Waals surface area contributed by atoms with Gasteiger partial charge in [-0.25, -0.2) is 0 Å². The highest BCUT2D eigenvalue weighted by Gasteiger charge is 2.06. The van der Waals surface area contributed by atoms with Crippen LogP contribution in [0.4, 0.5) is 0 Å². The average Bonchev–Trinajstić information content (AvgIpc) is 2.36. The molecule has 18 heavy (non-hydrogen) atoms. The van der Waals surface area contributed by atoms with Crippen LogP contribution < -0.4 is 10.5 Å². The first kappa shape index (κ1) is 13.2. The van der Waals surface area contributed by atoms with Crippen LogP contribution in [0.2, 0.25) is 10.0 Å². The number of rotatable bonds is 4. The number of ether oxygens (including phenoxy) is 1. The normalized spacial score (nSPS) is 10.4. The van der Waals surface area contributed by atoms with E-state index < -0.39 is 0 Å². The number of halogens is 2. The summed E-state index contributed by atoms with van der Waals surface area (Å²) in [6.45, 7) is 0.612. The van der Waals surface area contributed by atoms with Crippen LogP contribution >= 0.6 is 23.2 Å². The molecule has 2 nitrogen and oxygen atoms in total. The Balaban J connectivity index is 2.23. The SMILES string of the molecule is NCCc1cccc(Oc2cccc(Cl)c2Cl)c1. The van der Waals surface area contributed by atoms with Crippen molar-refractivity contribution in [3.8, 4) is 11.5 Å². The van der Waals surface area contributed by atoms with Crippen molar-refractivity contribution in [1.82, 2.24) is 0 Å². The number of nitrogens with two attached hydrogens (primary N) is 1. The fraction of sp³-hybridized carbons (Fsp3) is 0.143. The summed E-state index contributed by atoms with van der Waals surface area (Å²) in [6, 6.07) is 13.1. The molecule has 2 aromatic rings. The zero-order valence-electron chi connectivity index (χ0n) is 9.70. The maximum absolute atomic E-state index is 6.07. The zero-order chi connectivity index (χ0) is 13.0. The van der Waals surface area contributed by atoms with E-state index >= 15 is 0 Å². The molecule has 0 saturated carbocycles. The Morgan fingerprint density at radius 1 is 1.06 bits per heavy atom. The Morgan fingerprint density at radius 3 is 2.61 bits per heavy atom. The number of hydrogen-bond donors (Lipinski definition) is 1. The van der Waals surface area contributed by atoms with E-state index in [9.17, 15) is 0 Å². The van der Waals surface area contributed by atoms with Crippen LogP contribution in [0.3, 0.4) is 0 Å². The number of benzene rings is 2. The molecule has 0 saturated heterocycles. The van der Waals surface area contributed by atoms with Crippen LogP contribution in [0.15, 0.2) is 42.5 Å². The molecule has 0 aliphatic heterocycles. The highest BCUT2D eigenvalue weighted by molar-refractivity contribution is 6.42. The lowest BCUT2D eigenvalue weighted by Crippen LogP contribution is -2.02. The first-order chi connectivity index (χ1) is 8.70. The molecule has 0 radical (unpaired) electrons. The third kappa shape index (κ3) is 3.16. The Morgan fingerprint density at radius 2 is 1.83 bits per heavy atom. The molecule has 0 spiro atoms. The van der Waals surface area contributed by atoms with E-state index in [-0.39, 0.29) is 0 Å². The first-order valence-electron chi connectivity index (χ1n) is 5.61. The van der Waals surface area contributed by atoms with Gasteiger partial charge in [-0.05, 0) is 42.8 Å². The monoisotopic (exact) mass is 281 g/mol. The molecule has 2 N–H and O–H groups in total. The topological polar surface area (TPSA) is 35.2 Å². The Hall–Kier alpha value is -1.22. The molecule has 4 heteroatoms. The van der Waals surface area contributed by atoms with Gasteiger partial charge in [0.25, 0.3) is 0 Å². The van der Waals surface area contributed by atoms with Crippen LogP contribution in [0, 0.1) is 0 Å². The van der Waals surface area contributed by atoms with Gasteiger partial charge in [0.15, 0.2) is 0 Å². The van der Waals surface area contributed by atoms with Crippen LogP contribution in [0.1, 0.15) is 5.56 Å². The summed E-state index contributed by atoms with van der Waals surface area (Å²) in [7, 11) is 0. The van der Waals surface area contributed by atoms with Gasteiger partial charge in [-0.15, -0.1) is 0 Å². The maximum atomic E-state index is 6.07. The summed E-state index contributed by atoms with van der Waals surface area (Å²) in [5, 5.41) is 0.899. The molecular formula is C14H13Cl2NO. The minimum Gasteiger partial charge on any atom is -0.456 e. The second kappa shape index (κ2) is 6.10. The lowest BCUT2D eigenvalue weighted by Gasteiger charge is -2.09. The third-order valence-electron chi connectivity index (χ3n) is 2.48. The van der Waals surface area contributed by atoms with Crippen LogP contribution in [0.5, 0.6) is 11.5 Å². The minimum atomic E-state index is 0.420. The van der Waals surface area contributed by atoms with Gasteiger partial charge < -0.3 is 10.5 Å². The third-order valence-corrected chi connectivity index (χ3v) is 3.28. The Bertz CT molecular complexity index is 543. The van der Waals surface area contributed by atoms with E-state index in [1.165, 1.54) is 0 Å². The van der Waals surface area contributed by atoms with Crippen LogP contribution in [-0.4, -0.2) is 6.54 Å². The summed E-state index contributed by atoms with van der Waals surface area (Å²) < 4.78 is 5.72. The maximum Gasteiger partial charge on any atom is 0.147 e. The molecule has 2 aromatic carbocycles. The predicted molar refractivity (Wildman–Crippen MR) is 75.7 cm³/mol. The van der Waals surface area contributed by atoms with Crippen molar-refractivity contribution in [3.05, 3.63) is 58.1 Å². The molecule has 0 fully saturated rings. The van der Waals surface area contributed by atoms with E-state index in [0.29, 0.717) is 22.3 Å². The smallest absolute Gasteiger partial charge is 0.147 e. The summed E-state index contributed by atoms with van der Waals surface area (Å²) in [6.07, 6.45) is 0.820. The van der Waals surface area contributed by atoms with Crippen molar-refractivity contribution in [2.45, 2.75) is 6.42 Å². The van der Waals surface area contributed by atoms with Crippen LogP contribution in [0.25, 0.3) is 0 Å². The van der Waals surface area contributed by atoms with Crippen molar-refractivity contribution in [3.63, 3.8) is 0 Å². The van der Waals surface area contributed by atoms with Gasteiger partial charge in [0, 0.05) is 0 Å². The van der Waals surface area contributed by atoms with Gasteiger partial charge in [0.1, 0.15) is 16.5 Å². The quantitative estimate of drug-likeness (QED) is 0.908. The van der Waals surface area contributed by atoms with E-state index in [1.54, 1.807) is 18.2 Å². The molecule has 94 valence electrons. The van der Waals surface area contributed by atoms with Gasteiger partial charge in [0.2, 0.25) is 0 Å². The number of hydrogen-bond acceptors (Lipinski definition) is 2. The second-order valence-corrected chi connectivity index (χ2v) is 4.63. The summed E-state index contributed by atoms with van der Waals surface area (Å²) >= 11 is 12.0. The molecule has 0 aliphatic carbocycles. The molecule has 0 unspecified atom stereocenters. The molecular weight excluding hydrogens is 269 g/mol. The average molecular weight is 282 g/mol. The molecule has 0 heterocycles. The standard InChI is InChI=1S/C14H13Cl2NO/c15-12-5-2-6-13(14(12)16)18-11-4-1-3-10(9-11)7-8-17/h1-6,9H,7-8,17H2. The van der Waals surface area contributed by atoms with Gasteiger partial charge >= 0.3 is 0 Å². The highest BCUT2D eigenvalue weighted by Crippen LogP contribution is 2.34. The first-order valence-corrected chi connectivity index (χ1v) is 6.37. The van der Waals surface area contributed by atoms with E-state index in [2.05, 4.69) is 0 Å². The van der Waals surface area contributed by atoms with Gasteiger partial charge in [-0.2, -0.15) is 0 Å². The molecule has 0 aliphatic rings. The lowest BCUT2D eigenvalue weighted by molar-refractivity contribution is 0.482. The van der Waals surface area contributed by atoms with Crippen molar-refractivity contribution in [1.29, 1.82) is 0 Å². The van der Waals surface area contributed by atoms with Crippen molar-refractivity contribution >= 4 is 23.2 Å². The largest absolute Gasteiger partial charge is 0.456 e. The summed E-state index contributed by atoms with van der Waals surface area (Å²) in [5.74, 6) is 1.28. The van der Waals surface area contributed by atoms with Crippen molar-refractivity contribution < 1.29 is 4.74 Å². The van der Waals surface area contributed by atoms with Crippen molar-refractivity contribution in [2.75, 3.05) is 6.54 Å². The molecule has 0 aromatic heterocycles. The van der Waals surface area contributed by atoms with E-state index in [1.807, 2.05) is 24.3 Å². The zero-order valence-corrected chi connectivity index (χ0v) is 11.2. The van der Waals surface area contributed by atoms with Gasteiger partial charge in [0.05, 0.1) is 5.02 Å².